The van der Waals surface area contributed by atoms with E-state index in [0.717, 1.165) is 28.6 Å². The number of aromatic nitrogens is 2. The first-order valence-electron chi connectivity index (χ1n) is 10.1. The molecule has 2 aromatic carbocycles. The van der Waals surface area contributed by atoms with Crippen LogP contribution in [0.4, 0.5) is 11.5 Å². The predicted octanol–water partition coefficient (Wildman–Crippen LogP) is 4.19. The van der Waals surface area contributed by atoms with Gasteiger partial charge in [0.25, 0.3) is 0 Å². The van der Waals surface area contributed by atoms with Gasteiger partial charge in [-0.2, -0.15) is 0 Å². The number of ether oxygens (including phenoxy) is 4. The summed E-state index contributed by atoms with van der Waals surface area (Å²) in [6.07, 6.45) is 2.34. The van der Waals surface area contributed by atoms with Crippen molar-refractivity contribution in [2.24, 2.45) is 0 Å². The Morgan fingerprint density at radius 3 is 2.35 bits per heavy atom. The summed E-state index contributed by atoms with van der Waals surface area (Å²) in [6.45, 7) is 3.78. The minimum atomic E-state index is 0.400. The average molecular weight is 421 g/mol. The second kappa shape index (κ2) is 11.7. The van der Waals surface area contributed by atoms with Crippen molar-refractivity contribution in [3.8, 4) is 23.3 Å². The van der Waals surface area contributed by atoms with Crippen molar-refractivity contribution < 1.29 is 18.9 Å². The van der Waals surface area contributed by atoms with E-state index in [2.05, 4.69) is 27.1 Å². The predicted molar refractivity (Wildman–Crippen MR) is 121 cm³/mol. The normalized spacial score (nSPS) is 10.4. The maximum Gasteiger partial charge on any atom is 0.163 e. The fourth-order valence-electron chi connectivity index (χ4n) is 2.86. The quantitative estimate of drug-likeness (QED) is 0.389. The monoisotopic (exact) mass is 421 g/mol. The highest BCUT2D eigenvalue weighted by atomic mass is 16.5. The molecule has 31 heavy (non-hydrogen) atoms. The summed E-state index contributed by atoms with van der Waals surface area (Å²) < 4.78 is 21.9. The Bertz CT molecular complexity index is 1060. The zero-order valence-electron chi connectivity index (χ0n) is 18.1. The van der Waals surface area contributed by atoms with Crippen molar-refractivity contribution in [3.05, 3.63) is 48.3 Å². The van der Waals surface area contributed by atoms with E-state index in [-0.39, 0.29) is 0 Å². The lowest BCUT2D eigenvalue weighted by atomic mass is 10.1. The van der Waals surface area contributed by atoms with Gasteiger partial charge >= 0.3 is 0 Å². The Morgan fingerprint density at radius 2 is 1.65 bits per heavy atom. The molecule has 1 aromatic heterocycles. The van der Waals surface area contributed by atoms with Gasteiger partial charge in [0.1, 0.15) is 25.4 Å². The molecular formula is C24H27N3O4. The minimum absolute atomic E-state index is 0.400. The Kier molecular flexibility index (Phi) is 8.47. The van der Waals surface area contributed by atoms with Crippen LogP contribution in [-0.4, -0.2) is 50.6 Å². The van der Waals surface area contributed by atoms with Crippen molar-refractivity contribution >= 4 is 22.4 Å². The molecule has 0 saturated heterocycles. The van der Waals surface area contributed by atoms with Crippen LogP contribution in [0.3, 0.4) is 0 Å². The lowest BCUT2D eigenvalue weighted by Gasteiger charge is -2.15. The summed E-state index contributed by atoms with van der Waals surface area (Å²) >= 11 is 0. The Labute approximate surface area is 182 Å². The first-order chi connectivity index (χ1) is 15.2. The highest BCUT2D eigenvalue weighted by Gasteiger charge is 2.13. The van der Waals surface area contributed by atoms with E-state index in [1.165, 1.54) is 6.33 Å². The van der Waals surface area contributed by atoms with Crippen LogP contribution in [0.2, 0.25) is 0 Å². The smallest absolute Gasteiger partial charge is 0.163 e. The average Bonchev–Trinajstić information content (AvgIpc) is 2.79. The Hall–Kier alpha value is -3.34. The SMILES string of the molecule is CCC#Cc1cccc(Nc2ncnc3cc(OCCOC)c(OCCOC)cc23)c1. The topological polar surface area (TPSA) is 74.7 Å². The number of nitrogens with zero attached hydrogens (tertiary/aromatic N) is 2. The molecular weight excluding hydrogens is 394 g/mol. The first-order valence-corrected chi connectivity index (χ1v) is 10.1. The third-order valence-electron chi connectivity index (χ3n) is 4.33. The molecule has 0 unspecified atom stereocenters. The minimum Gasteiger partial charge on any atom is -0.487 e. The molecule has 0 aliphatic heterocycles. The highest BCUT2D eigenvalue weighted by molar-refractivity contribution is 5.93. The lowest BCUT2D eigenvalue weighted by molar-refractivity contribution is 0.132. The van der Waals surface area contributed by atoms with Crippen LogP contribution in [0.15, 0.2) is 42.7 Å². The summed E-state index contributed by atoms with van der Waals surface area (Å²) in [4.78, 5) is 8.84. The molecule has 0 bridgehead atoms. The molecule has 1 N–H and O–H groups in total. The fourth-order valence-corrected chi connectivity index (χ4v) is 2.86. The van der Waals surface area contributed by atoms with E-state index >= 15 is 0 Å². The zero-order valence-corrected chi connectivity index (χ0v) is 18.1. The second-order valence-electron chi connectivity index (χ2n) is 6.58. The molecule has 0 aliphatic rings. The first kappa shape index (κ1) is 22.3. The van der Waals surface area contributed by atoms with Gasteiger partial charge in [-0.15, -0.1) is 0 Å². The molecule has 0 fully saturated rings. The molecule has 0 spiro atoms. The zero-order chi connectivity index (χ0) is 21.9. The van der Waals surface area contributed by atoms with Gasteiger partial charge in [-0.05, 0) is 24.3 Å². The van der Waals surface area contributed by atoms with Crippen LogP contribution < -0.4 is 14.8 Å². The Morgan fingerprint density at radius 1 is 0.903 bits per heavy atom. The molecule has 162 valence electrons. The molecule has 7 heteroatoms. The lowest BCUT2D eigenvalue weighted by Crippen LogP contribution is -2.09. The molecule has 0 saturated carbocycles. The van der Waals surface area contributed by atoms with E-state index < -0.39 is 0 Å². The maximum absolute atomic E-state index is 5.89. The van der Waals surface area contributed by atoms with Crippen LogP contribution in [0.25, 0.3) is 10.9 Å². The summed E-state index contributed by atoms with van der Waals surface area (Å²) in [5.41, 5.74) is 2.58. The van der Waals surface area contributed by atoms with E-state index in [1.807, 2.05) is 43.3 Å². The van der Waals surface area contributed by atoms with Gasteiger partial charge in [0.2, 0.25) is 0 Å². The molecule has 0 atom stereocenters. The van der Waals surface area contributed by atoms with Crippen molar-refractivity contribution in [1.82, 2.24) is 9.97 Å². The maximum atomic E-state index is 5.89. The van der Waals surface area contributed by atoms with Crippen molar-refractivity contribution in [2.45, 2.75) is 13.3 Å². The number of anilines is 2. The summed E-state index contributed by atoms with van der Waals surface area (Å²) in [6, 6.07) is 11.7. The Balaban J connectivity index is 1.94. The van der Waals surface area contributed by atoms with Crippen molar-refractivity contribution in [3.63, 3.8) is 0 Å². The molecule has 1 heterocycles. The molecule has 3 rings (SSSR count). The summed E-state index contributed by atoms with van der Waals surface area (Å²) in [5.74, 6) is 8.11. The molecule has 3 aromatic rings. The molecule has 0 aliphatic carbocycles. The van der Waals surface area contributed by atoms with Gasteiger partial charge in [-0.1, -0.05) is 24.8 Å². The molecule has 0 radical (unpaired) electrons. The van der Waals surface area contributed by atoms with E-state index in [4.69, 9.17) is 18.9 Å². The van der Waals surface area contributed by atoms with Gasteiger partial charge in [0, 0.05) is 43.3 Å². The fraction of sp³-hybridized carbons (Fsp3) is 0.333. The number of nitrogens with one attached hydrogen (secondary N) is 1. The van der Waals surface area contributed by atoms with E-state index in [0.29, 0.717) is 43.7 Å². The third kappa shape index (κ3) is 6.32. The standard InChI is InChI=1S/C24H27N3O4/c1-4-5-7-18-8-6-9-19(14-18)27-24-20-15-22(30-12-10-28-2)23(31-13-11-29-3)16-21(20)25-17-26-24/h6,8-9,14-17H,4,10-13H2,1-3H3,(H,25,26,27). The number of methoxy groups -OCH3 is 2. The number of benzene rings is 2. The van der Waals surface area contributed by atoms with Crippen molar-refractivity contribution in [1.29, 1.82) is 0 Å². The van der Waals surface area contributed by atoms with Gasteiger partial charge in [0.15, 0.2) is 11.5 Å². The molecule has 7 nitrogen and oxygen atoms in total. The van der Waals surface area contributed by atoms with E-state index in [9.17, 15) is 0 Å². The number of fused-ring (bicyclic) bond motifs is 1. The van der Waals surface area contributed by atoms with Crippen LogP contribution in [0, 0.1) is 11.8 Å². The van der Waals surface area contributed by atoms with Crippen molar-refractivity contribution in [2.75, 3.05) is 46.0 Å². The molecule has 0 amide bonds. The van der Waals surface area contributed by atoms with Crippen LogP contribution in [0.1, 0.15) is 18.9 Å². The largest absolute Gasteiger partial charge is 0.487 e. The summed E-state index contributed by atoms with van der Waals surface area (Å²) in [5, 5.41) is 4.19. The van der Waals surface area contributed by atoms with Gasteiger partial charge in [0.05, 0.1) is 18.7 Å². The van der Waals surface area contributed by atoms with Crippen LogP contribution in [0.5, 0.6) is 11.5 Å². The van der Waals surface area contributed by atoms with Gasteiger partial charge in [-0.25, -0.2) is 9.97 Å². The highest BCUT2D eigenvalue weighted by Crippen LogP contribution is 2.35. The van der Waals surface area contributed by atoms with Gasteiger partial charge in [-0.3, -0.25) is 0 Å². The number of rotatable bonds is 10. The van der Waals surface area contributed by atoms with Crippen LogP contribution >= 0.6 is 0 Å². The third-order valence-corrected chi connectivity index (χ3v) is 4.33. The number of hydrogen-bond donors (Lipinski definition) is 1. The van der Waals surface area contributed by atoms with Crippen LogP contribution in [-0.2, 0) is 9.47 Å². The summed E-state index contributed by atoms with van der Waals surface area (Å²) in [7, 11) is 3.27. The van der Waals surface area contributed by atoms with E-state index in [1.54, 1.807) is 14.2 Å². The second-order valence-corrected chi connectivity index (χ2v) is 6.58. The van der Waals surface area contributed by atoms with Gasteiger partial charge < -0.3 is 24.3 Å². The number of hydrogen-bond acceptors (Lipinski definition) is 7.